The number of halogens is 1. The molecule has 1 fully saturated rings. The Labute approximate surface area is 95.8 Å². The van der Waals surface area contributed by atoms with Gasteiger partial charge in [-0.3, -0.25) is 0 Å². The minimum absolute atomic E-state index is 0.176. The van der Waals surface area contributed by atoms with Gasteiger partial charge in [-0.1, -0.05) is 0 Å². The third kappa shape index (κ3) is 2.73. The van der Waals surface area contributed by atoms with E-state index in [-0.39, 0.29) is 5.82 Å². The van der Waals surface area contributed by atoms with Gasteiger partial charge in [-0.05, 0) is 62.0 Å². The molecule has 0 aliphatic carbocycles. The van der Waals surface area contributed by atoms with E-state index in [1.807, 2.05) is 0 Å². The number of methoxy groups -OCH3 is 1. The smallest absolute Gasteiger partial charge is 0.123 e. The highest BCUT2D eigenvalue weighted by Gasteiger charge is 2.16. The predicted octanol–water partition coefficient (Wildman–Crippen LogP) is 2.38. The van der Waals surface area contributed by atoms with Gasteiger partial charge in [-0.2, -0.15) is 0 Å². The molecule has 2 nitrogen and oxygen atoms in total. The lowest BCUT2D eigenvalue weighted by atomic mass is 9.90. The molecule has 1 N–H and O–H groups in total. The van der Waals surface area contributed by atoms with E-state index in [4.69, 9.17) is 4.74 Å². The summed E-state index contributed by atoms with van der Waals surface area (Å²) in [4.78, 5) is 0. The summed E-state index contributed by atoms with van der Waals surface area (Å²) in [5, 5.41) is 3.34. The summed E-state index contributed by atoms with van der Waals surface area (Å²) in [6.45, 7) is 2.14. The molecule has 0 aromatic heterocycles. The largest absolute Gasteiger partial charge is 0.496 e. The number of piperidine rings is 1. The molecule has 1 aliphatic heterocycles. The molecule has 1 saturated heterocycles. The van der Waals surface area contributed by atoms with Gasteiger partial charge in [0.25, 0.3) is 0 Å². The maximum absolute atomic E-state index is 13.2. The van der Waals surface area contributed by atoms with Crippen LogP contribution in [0.15, 0.2) is 18.2 Å². The van der Waals surface area contributed by atoms with Crippen LogP contribution in [0.4, 0.5) is 4.39 Å². The third-order valence-corrected chi connectivity index (χ3v) is 3.21. The Morgan fingerprint density at radius 3 is 2.81 bits per heavy atom. The molecule has 1 aliphatic rings. The zero-order valence-corrected chi connectivity index (χ0v) is 9.63. The van der Waals surface area contributed by atoms with Crippen LogP contribution in [0.2, 0.25) is 0 Å². The van der Waals surface area contributed by atoms with Crippen molar-refractivity contribution in [1.29, 1.82) is 0 Å². The van der Waals surface area contributed by atoms with Crippen LogP contribution in [0, 0.1) is 11.7 Å². The second-order valence-corrected chi connectivity index (χ2v) is 4.35. The number of hydrogen-bond acceptors (Lipinski definition) is 2. The van der Waals surface area contributed by atoms with Gasteiger partial charge in [0.2, 0.25) is 0 Å². The molecule has 88 valence electrons. The van der Waals surface area contributed by atoms with Crippen molar-refractivity contribution < 1.29 is 9.13 Å². The van der Waals surface area contributed by atoms with Crippen LogP contribution >= 0.6 is 0 Å². The normalized spacial score (nSPS) is 17.4. The standard InChI is InChI=1S/C13H18FNO/c1-16-13-3-2-12(14)9-11(13)8-10-4-6-15-7-5-10/h2-3,9-10,15H,4-8H2,1H3. The minimum Gasteiger partial charge on any atom is -0.496 e. The Hall–Kier alpha value is -1.09. The Balaban J connectivity index is 2.09. The van der Waals surface area contributed by atoms with E-state index in [0.29, 0.717) is 5.92 Å². The molecule has 1 aromatic rings. The van der Waals surface area contributed by atoms with E-state index >= 15 is 0 Å². The van der Waals surface area contributed by atoms with Gasteiger partial charge in [0.15, 0.2) is 0 Å². The molecule has 0 atom stereocenters. The fraction of sp³-hybridized carbons (Fsp3) is 0.538. The fourth-order valence-electron chi connectivity index (χ4n) is 2.30. The van der Waals surface area contributed by atoms with Crippen LogP contribution in [-0.4, -0.2) is 20.2 Å². The Morgan fingerprint density at radius 2 is 2.12 bits per heavy atom. The number of hydrogen-bond donors (Lipinski definition) is 1. The van der Waals surface area contributed by atoms with E-state index < -0.39 is 0 Å². The van der Waals surface area contributed by atoms with Crippen LogP contribution in [0.1, 0.15) is 18.4 Å². The molecular weight excluding hydrogens is 205 g/mol. The van der Waals surface area contributed by atoms with Crippen LogP contribution < -0.4 is 10.1 Å². The van der Waals surface area contributed by atoms with Crippen molar-refractivity contribution in [2.45, 2.75) is 19.3 Å². The maximum Gasteiger partial charge on any atom is 0.123 e. The zero-order chi connectivity index (χ0) is 11.4. The quantitative estimate of drug-likeness (QED) is 0.849. The first-order chi connectivity index (χ1) is 7.79. The predicted molar refractivity (Wildman–Crippen MR) is 62.2 cm³/mol. The van der Waals surface area contributed by atoms with E-state index in [0.717, 1.165) is 30.8 Å². The molecule has 2 rings (SSSR count). The maximum atomic E-state index is 13.2. The summed E-state index contributed by atoms with van der Waals surface area (Å²) in [5.74, 6) is 1.28. The van der Waals surface area contributed by atoms with Crippen molar-refractivity contribution in [3.05, 3.63) is 29.6 Å². The summed E-state index contributed by atoms with van der Waals surface area (Å²) in [7, 11) is 1.64. The van der Waals surface area contributed by atoms with E-state index in [9.17, 15) is 4.39 Å². The van der Waals surface area contributed by atoms with Crippen molar-refractivity contribution in [1.82, 2.24) is 5.32 Å². The lowest BCUT2D eigenvalue weighted by Gasteiger charge is -2.23. The van der Waals surface area contributed by atoms with Gasteiger partial charge in [0, 0.05) is 0 Å². The van der Waals surface area contributed by atoms with Crippen molar-refractivity contribution in [2.24, 2.45) is 5.92 Å². The fourth-order valence-corrected chi connectivity index (χ4v) is 2.30. The van der Waals surface area contributed by atoms with Crippen LogP contribution in [-0.2, 0) is 6.42 Å². The monoisotopic (exact) mass is 223 g/mol. The number of ether oxygens (including phenoxy) is 1. The van der Waals surface area contributed by atoms with Gasteiger partial charge >= 0.3 is 0 Å². The number of benzene rings is 1. The molecule has 1 aromatic carbocycles. The van der Waals surface area contributed by atoms with E-state index in [1.165, 1.54) is 18.9 Å². The van der Waals surface area contributed by atoms with Crippen molar-refractivity contribution in [3.63, 3.8) is 0 Å². The SMILES string of the molecule is COc1ccc(F)cc1CC1CCNCC1. The molecule has 0 bridgehead atoms. The topological polar surface area (TPSA) is 21.3 Å². The van der Waals surface area contributed by atoms with Crippen LogP contribution in [0.5, 0.6) is 5.75 Å². The van der Waals surface area contributed by atoms with Gasteiger partial charge in [0.1, 0.15) is 11.6 Å². The molecular formula is C13H18FNO. The molecule has 0 saturated carbocycles. The summed E-state index contributed by atoms with van der Waals surface area (Å²) >= 11 is 0. The molecule has 0 spiro atoms. The summed E-state index contributed by atoms with van der Waals surface area (Å²) in [6.07, 6.45) is 3.25. The third-order valence-electron chi connectivity index (χ3n) is 3.21. The molecule has 1 heterocycles. The Morgan fingerprint density at radius 1 is 1.38 bits per heavy atom. The van der Waals surface area contributed by atoms with Crippen molar-refractivity contribution in [3.8, 4) is 5.75 Å². The second kappa shape index (κ2) is 5.30. The zero-order valence-electron chi connectivity index (χ0n) is 9.63. The second-order valence-electron chi connectivity index (χ2n) is 4.35. The molecule has 0 unspecified atom stereocenters. The number of rotatable bonds is 3. The van der Waals surface area contributed by atoms with Crippen molar-refractivity contribution >= 4 is 0 Å². The molecule has 16 heavy (non-hydrogen) atoms. The highest BCUT2D eigenvalue weighted by molar-refractivity contribution is 5.34. The van der Waals surface area contributed by atoms with E-state index in [1.54, 1.807) is 19.2 Å². The van der Waals surface area contributed by atoms with Gasteiger partial charge in [-0.15, -0.1) is 0 Å². The Kier molecular flexibility index (Phi) is 3.78. The lowest BCUT2D eigenvalue weighted by Crippen LogP contribution is -2.28. The highest BCUT2D eigenvalue weighted by atomic mass is 19.1. The highest BCUT2D eigenvalue weighted by Crippen LogP contribution is 2.25. The van der Waals surface area contributed by atoms with Gasteiger partial charge in [0.05, 0.1) is 7.11 Å². The van der Waals surface area contributed by atoms with Crippen molar-refractivity contribution in [2.75, 3.05) is 20.2 Å². The average molecular weight is 223 g/mol. The van der Waals surface area contributed by atoms with Crippen LogP contribution in [0.3, 0.4) is 0 Å². The minimum atomic E-state index is -0.176. The summed E-state index contributed by atoms with van der Waals surface area (Å²) in [5.41, 5.74) is 0.995. The lowest BCUT2D eigenvalue weighted by molar-refractivity contribution is 0.360. The number of nitrogens with one attached hydrogen (secondary N) is 1. The first-order valence-electron chi connectivity index (χ1n) is 5.82. The Bertz CT molecular complexity index is 348. The first kappa shape index (κ1) is 11.4. The van der Waals surface area contributed by atoms with Gasteiger partial charge < -0.3 is 10.1 Å². The molecule has 0 radical (unpaired) electrons. The van der Waals surface area contributed by atoms with Crippen LogP contribution in [0.25, 0.3) is 0 Å². The van der Waals surface area contributed by atoms with Gasteiger partial charge in [-0.25, -0.2) is 4.39 Å². The molecule has 3 heteroatoms. The summed E-state index contributed by atoms with van der Waals surface area (Å²) < 4.78 is 18.4. The molecule has 0 amide bonds. The first-order valence-corrected chi connectivity index (χ1v) is 5.82. The average Bonchev–Trinajstić information content (AvgIpc) is 2.31. The summed E-state index contributed by atoms with van der Waals surface area (Å²) in [6, 6.07) is 4.76. The van der Waals surface area contributed by atoms with E-state index in [2.05, 4.69) is 5.32 Å².